The van der Waals surface area contributed by atoms with Crippen molar-refractivity contribution in [3.63, 3.8) is 0 Å². The van der Waals surface area contributed by atoms with E-state index >= 15 is 0 Å². The van der Waals surface area contributed by atoms with Crippen LogP contribution in [0.25, 0.3) is 0 Å². The van der Waals surface area contributed by atoms with Gasteiger partial charge in [-0.1, -0.05) is 42.5 Å². The van der Waals surface area contributed by atoms with Crippen LogP contribution in [0.1, 0.15) is 25.5 Å². The molecule has 2 rings (SSSR count). The van der Waals surface area contributed by atoms with Gasteiger partial charge in [0.2, 0.25) is 15.9 Å². The summed E-state index contributed by atoms with van der Waals surface area (Å²) in [6, 6.07) is 16.0. The van der Waals surface area contributed by atoms with E-state index in [1.54, 1.807) is 24.3 Å². The highest BCUT2D eigenvalue weighted by Crippen LogP contribution is 2.29. The third-order valence-electron chi connectivity index (χ3n) is 3.80. The average molecular weight is 376 g/mol. The number of carbonyl (C=O) groups is 1. The van der Waals surface area contributed by atoms with Gasteiger partial charge in [0.05, 0.1) is 24.6 Å². The average Bonchev–Trinajstić information content (AvgIpc) is 2.60. The largest absolute Gasteiger partial charge is 0.492 e. The van der Waals surface area contributed by atoms with E-state index in [2.05, 4.69) is 5.32 Å². The van der Waals surface area contributed by atoms with Gasteiger partial charge in [0.25, 0.3) is 0 Å². The zero-order chi connectivity index (χ0) is 19.2. The van der Waals surface area contributed by atoms with Gasteiger partial charge in [-0.15, -0.1) is 0 Å². The SMILES string of the molecule is CCOc1ccccc1N(CC(=O)N[C@@H](C)c1ccccc1)S(C)(=O)=O. The Kier molecular flexibility index (Phi) is 6.63. The Labute approximate surface area is 154 Å². The fraction of sp³-hybridized carbons (Fsp3) is 0.316. The van der Waals surface area contributed by atoms with E-state index in [9.17, 15) is 13.2 Å². The van der Waals surface area contributed by atoms with Gasteiger partial charge in [-0.2, -0.15) is 0 Å². The van der Waals surface area contributed by atoms with Crippen LogP contribution in [0, 0.1) is 0 Å². The van der Waals surface area contributed by atoms with Gasteiger partial charge >= 0.3 is 0 Å². The Balaban J connectivity index is 2.20. The minimum Gasteiger partial charge on any atom is -0.492 e. The number of carbonyl (C=O) groups excluding carboxylic acids is 1. The number of anilines is 1. The second kappa shape index (κ2) is 8.71. The summed E-state index contributed by atoms with van der Waals surface area (Å²) in [4.78, 5) is 12.5. The number of hydrogen-bond donors (Lipinski definition) is 1. The van der Waals surface area contributed by atoms with Crippen LogP contribution < -0.4 is 14.4 Å². The van der Waals surface area contributed by atoms with E-state index in [1.807, 2.05) is 44.2 Å². The van der Waals surface area contributed by atoms with E-state index < -0.39 is 15.9 Å². The standard InChI is InChI=1S/C19H24N2O4S/c1-4-25-18-13-9-8-12-17(18)21(26(3,23)24)14-19(22)20-15(2)16-10-6-5-7-11-16/h5-13,15H,4,14H2,1-3H3,(H,20,22)/t15-/m0/s1. The lowest BCUT2D eigenvalue weighted by molar-refractivity contribution is -0.120. The van der Waals surface area contributed by atoms with Crippen molar-refractivity contribution in [2.45, 2.75) is 19.9 Å². The van der Waals surface area contributed by atoms with Crippen molar-refractivity contribution in [1.82, 2.24) is 5.32 Å². The van der Waals surface area contributed by atoms with Crippen molar-refractivity contribution in [1.29, 1.82) is 0 Å². The predicted molar refractivity (Wildman–Crippen MR) is 103 cm³/mol. The summed E-state index contributed by atoms with van der Waals surface area (Å²) in [7, 11) is -3.66. The molecule has 0 radical (unpaired) electrons. The Morgan fingerprint density at radius 1 is 1.12 bits per heavy atom. The van der Waals surface area contributed by atoms with Crippen molar-refractivity contribution < 1.29 is 17.9 Å². The zero-order valence-electron chi connectivity index (χ0n) is 15.2. The molecule has 1 amide bonds. The van der Waals surface area contributed by atoms with Gasteiger partial charge < -0.3 is 10.1 Å². The number of para-hydroxylation sites is 2. The molecule has 2 aromatic rings. The summed E-state index contributed by atoms with van der Waals surface area (Å²) < 4.78 is 31.1. The molecule has 140 valence electrons. The first-order valence-electron chi connectivity index (χ1n) is 8.36. The molecule has 0 aliphatic rings. The maximum absolute atomic E-state index is 12.5. The molecule has 0 bridgehead atoms. The molecular formula is C19H24N2O4S. The number of nitrogens with zero attached hydrogens (tertiary/aromatic N) is 1. The van der Waals surface area contributed by atoms with Crippen molar-refractivity contribution in [2.75, 3.05) is 23.7 Å². The quantitative estimate of drug-likeness (QED) is 0.769. The van der Waals surface area contributed by atoms with E-state index in [-0.39, 0.29) is 12.6 Å². The van der Waals surface area contributed by atoms with Crippen LogP contribution in [-0.2, 0) is 14.8 Å². The molecule has 0 heterocycles. The van der Waals surface area contributed by atoms with Crippen LogP contribution in [-0.4, -0.2) is 33.7 Å². The number of amides is 1. The first kappa shape index (κ1) is 19.8. The van der Waals surface area contributed by atoms with Crippen molar-refractivity contribution in [2.24, 2.45) is 0 Å². The third kappa shape index (κ3) is 5.23. The van der Waals surface area contributed by atoms with Gasteiger partial charge in [0.1, 0.15) is 12.3 Å². The van der Waals surface area contributed by atoms with Crippen molar-refractivity contribution in [3.05, 3.63) is 60.2 Å². The van der Waals surface area contributed by atoms with E-state index in [4.69, 9.17) is 4.74 Å². The maximum Gasteiger partial charge on any atom is 0.241 e. The third-order valence-corrected chi connectivity index (χ3v) is 4.92. The molecule has 1 N–H and O–H groups in total. The molecular weight excluding hydrogens is 352 g/mol. The predicted octanol–water partition coefficient (Wildman–Crippen LogP) is 2.73. The molecule has 26 heavy (non-hydrogen) atoms. The van der Waals surface area contributed by atoms with Crippen molar-refractivity contribution in [3.8, 4) is 5.75 Å². The van der Waals surface area contributed by atoms with E-state index in [0.717, 1.165) is 16.1 Å². The van der Waals surface area contributed by atoms with Gasteiger partial charge in [-0.25, -0.2) is 8.42 Å². The second-order valence-electron chi connectivity index (χ2n) is 5.87. The summed E-state index contributed by atoms with van der Waals surface area (Å²) in [6.07, 6.45) is 1.07. The Morgan fingerprint density at radius 2 is 1.73 bits per heavy atom. The molecule has 0 spiro atoms. The highest BCUT2D eigenvalue weighted by molar-refractivity contribution is 7.92. The monoisotopic (exact) mass is 376 g/mol. The molecule has 0 fully saturated rings. The topological polar surface area (TPSA) is 75.7 Å². The summed E-state index contributed by atoms with van der Waals surface area (Å²) in [5, 5.41) is 2.83. The maximum atomic E-state index is 12.5. The summed E-state index contributed by atoms with van der Waals surface area (Å²) in [5.41, 5.74) is 1.29. The lowest BCUT2D eigenvalue weighted by Gasteiger charge is -2.25. The van der Waals surface area contributed by atoms with Crippen molar-refractivity contribution >= 4 is 21.6 Å². The van der Waals surface area contributed by atoms with Gasteiger partial charge in [-0.3, -0.25) is 9.10 Å². The second-order valence-corrected chi connectivity index (χ2v) is 7.78. The fourth-order valence-electron chi connectivity index (χ4n) is 2.56. The van der Waals surface area contributed by atoms with Crippen LogP contribution in [0.4, 0.5) is 5.69 Å². The molecule has 2 aromatic carbocycles. The number of rotatable bonds is 8. The van der Waals surface area contributed by atoms with Gasteiger partial charge in [0, 0.05) is 0 Å². The Morgan fingerprint density at radius 3 is 2.35 bits per heavy atom. The number of benzene rings is 2. The van der Waals surface area contributed by atoms with E-state index in [1.165, 1.54) is 0 Å². The zero-order valence-corrected chi connectivity index (χ0v) is 16.0. The number of sulfonamides is 1. The van der Waals surface area contributed by atoms with Crippen LogP contribution in [0.3, 0.4) is 0 Å². The van der Waals surface area contributed by atoms with Crippen LogP contribution in [0.15, 0.2) is 54.6 Å². The van der Waals surface area contributed by atoms with Gasteiger partial charge in [-0.05, 0) is 31.5 Å². The molecule has 7 heteroatoms. The smallest absolute Gasteiger partial charge is 0.241 e. The minimum absolute atomic E-state index is 0.229. The molecule has 6 nitrogen and oxygen atoms in total. The lowest BCUT2D eigenvalue weighted by atomic mass is 10.1. The fourth-order valence-corrected chi connectivity index (χ4v) is 3.42. The van der Waals surface area contributed by atoms with Gasteiger partial charge in [0.15, 0.2) is 0 Å². The number of hydrogen-bond acceptors (Lipinski definition) is 4. The highest BCUT2D eigenvalue weighted by atomic mass is 32.2. The molecule has 0 unspecified atom stereocenters. The summed E-state index contributed by atoms with van der Waals surface area (Å²) in [5.74, 6) is 0.0300. The number of ether oxygens (including phenoxy) is 1. The first-order valence-corrected chi connectivity index (χ1v) is 10.2. The molecule has 1 atom stereocenters. The van der Waals surface area contributed by atoms with E-state index in [0.29, 0.717) is 18.0 Å². The molecule has 0 aliphatic carbocycles. The van der Waals surface area contributed by atoms with Crippen LogP contribution >= 0.6 is 0 Å². The Hall–Kier alpha value is -2.54. The number of nitrogens with one attached hydrogen (secondary N) is 1. The van der Waals surface area contributed by atoms with Crippen LogP contribution in [0.5, 0.6) is 5.75 Å². The Bertz CT molecular complexity index is 838. The van der Waals surface area contributed by atoms with Crippen LogP contribution in [0.2, 0.25) is 0 Å². The molecule has 0 aromatic heterocycles. The molecule has 0 saturated heterocycles. The first-order chi connectivity index (χ1) is 12.3. The minimum atomic E-state index is -3.66. The summed E-state index contributed by atoms with van der Waals surface area (Å²) in [6.45, 7) is 3.74. The normalized spacial score (nSPS) is 12.3. The molecule has 0 saturated carbocycles. The highest BCUT2D eigenvalue weighted by Gasteiger charge is 2.24. The lowest BCUT2D eigenvalue weighted by Crippen LogP contribution is -2.41. The summed E-state index contributed by atoms with van der Waals surface area (Å²) >= 11 is 0. The molecule has 0 aliphatic heterocycles.